The van der Waals surface area contributed by atoms with Gasteiger partial charge in [-0.1, -0.05) is 70.4 Å². The Kier molecular flexibility index (Phi) is 19.2. The van der Waals surface area contributed by atoms with E-state index in [0.29, 0.717) is 6.42 Å². The van der Waals surface area contributed by atoms with Gasteiger partial charge in [0.1, 0.15) is 0 Å². The molecule has 0 atom stereocenters. The van der Waals surface area contributed by atoms with Crippen LogP contribution in [0.1, 0.15) is 103 Å². The minimum Gasteiger partial charge on any atom is -0.790 e. The summed E-state index contributed by atoms with van der Waals surface area (Å²) in [5.74, 6) is -0.287. The number of hydrogen-bond acceptors (Lipinski definition) is 6. The van der Waals surface area contributed by atoms with E-state index in [1.165, 1.54) is 57.8 Å². The van der Waals surface area contributed by atoms with E-state index in [2.05, 4.69) is 23.6 Å². The number of esters is 1. The number of carbonyl (C=O) groups is 1. The van der Waals surface area contributed by atoms with Gasteiger partial charge in [-0.2, -0.15) is 0 Å². The standard InChI is InChI=1S/C21H41O6P/c1-2-3-4-5-6-7-8-9-10-11-12-13-14-15-16-18-21(22)26-19-17-20-27-28(23,24)25/h9-10H,2-8,11-20H2,1H3,(H2,23,24,25)/p-2/b10-9-. The normalized spacial score (nSPS) is 12.0. The molecule has 0 bridgehead atoms. The van der Waals surface area contributed by atoms with Gasteiger partial charge in [0.25, 0.3) is 0 Å². The van der Waals surface area contributed by atoms with Gasteiger partial charge in [0.2, 0.25) is 0 Å². The summed E-state index contributed by atoms with van der Waals surface area (Å²) in [7, 11) is -4.92. The molecule has 0 rings (SSSR count). The second kappa shape index (κ2) is 19.6. The zero-order valence-corrected chi connectivity index (χ0v) is 18.5. The lowest BCUT2D eigenvalue weighted by Gasteiger charge is -2.28. The molecule has 0 aromatic heterocycles. The summed E-state index contributed by atoms with van der Waals surface area (Å²) < 4.78 is 19.2. The summed E-state index contributed by atoms with van der Waals surface area (Å²) in [5.41, 5.74) is 0. The van der Waals surface area contributed by atoms with E-state index in [1.807, 2.05) is 0 Å². The summed E-state index contributed by atoms with van der Waals surface area (Å²) in [4.78, 5) is 32.0. The zero-order valence-electron chi connectivity index (χ0n) is 17.6. The fourth-order valence-electron chi connectivity index (χ4n) is 2.83. The van der Waals surface area contributed by atoms with E-state index < -0.39 is 7.82 Å². The number of rotatable bonds is 20. The Labute approximate surface area is 171 Å². The van der Waals surface area contributed by atoms with Crippen molar-refractivity contribution in [3.8, 4) is 0 Å². The van der Waals surface area contributed by atoms with Crippen LogP contribution in [-0.4, -0.2) is 19.2 Å². The quantitative estimate of drug-likeness (QED) is 0.122. The number of ether oxygens (including phenoxy) is 1. The molecular weight excluding hydrogens is 379 g/mol. The third-order valence-corrected chi connectivity index (χ3v) is 4.94. The first-order valence-electron chi connectivity index (χ1n) is 10.9. The van der Waals surface area contributed by atoms with E-state index in [0.717, 1.165) is 25.7 Å². The van der Waals surface area contributed by atoms with Gasteiger partial charge in [0.05, 0.1) is 21.0 Å². The molecule has 7 heteroatoms. The monoisotopic (exact) mass is 418 g/mol. The lowest BCUT2D eigenvalue weighted by Crippen LogP contribution is -2.17. The van der Waals surface area contributed by atoms with Crippen LogP contribution in [0.3, 0.4) is 0 Å². The van der Waals surface area contributed by atoms with Gasteiger partial charge in [-0.25, -0.2) is 0 Å². The molecule has 0 fully saturated rings. The van der Waals surface area contributed by atoms with Crippen LogP contribution >= 0.6 is 7.82 Å². The van der Waals surface area contributed by atoms with E-state index >= 15 is 0 Å². The summed E-state index contributed by atoms with van der Waals surface area (Å²) in [6.07, 6.45) is 20.9. The van der Waals surface area contributed by atoms with Gasteiger partial charge >= 0.3 is 5.97 Å². The van der Waals surface area contributed by atoms with E-state index in [-0.39, 0.29) is 25.6 Å². The molecule has 0 aromatic rings. The molecule has 0 aliphatic heterocycles. The lowest BCUT2D eigenvalue weighted by atomic mass is 10.1. The molecule has 0 saturated carbocycles. The molecule has 28 heavy (non-hydrogen) atoms. The molecule has 0 aliphatic carbocycles. The Hall–Kier alpha value is -0.680. The maximum Gasteiger partial charge on any atom is 0.305 e. The van der Waals surface area contributed by atoms with Crippen LogP contribution in [0.2, 0.25) is 0 Å². The number of unbranched alkanes of at least 4 members (excludes halogenated alkanes) is 11. The lowest BCUT2D eigenvalue weighted by molar-refractivity contribution is -0.341. The van der Waals surface area contributed by atoms with Crippen LogP contribution < -0.4 is 9.79 Å². The largest absolute Gasteiger partial charge is 0.790 e. The summed E-state index contributed by atoms with van der Waals surface area (Å²) in [5, 5.41) is 0. The predicted octanol–water partition coefficient (Wildman–Crippen LogP) is 4.80. The second-order valence-corrected chi connectivity index (χ2v) is 8.34. The second-order valence-electron chi connectivity index (χ2n) is 7.19. The van der Waals surface area contributed by atoms with Crippen LogP contribution in [-0.2, 0) is 18.6 Å². The van der Waals surface area contributed by atoms with Crippen molar-refractivity contribution in [2.75, 3.05) is 13.2 Å². The minimum absolute atomic E-state index is 0.0733. The van der Waals surface area contributed by atoms with Crippen molar-refractivity contribution in [2.45, 2.75) is 103 Å². The first-order chi connectivity index (χ1) is 13.5. The fraction of sp³-hybridized carbons (Fsp3) is 0.857. The molecule has 0 aliphatic rings. The molecule has 6 nitrogen and oxygen atoms in total. The zero-order chi connectivity index (χ0) is 20.9. The first kappa shape index (κ1) is 27.3. The highest BCUT2D eigenvalue weighted by molar-refractivity contribution is 7.43. The maximum atomic E-state index is 11.5. The highest BCUT2D eigenvalue weighted by Crippen LogP contribution is 2.24. The van der Waals surface area contributed by atoms with Crippen molar-refractivity contribution in [1.82, 2.24) is 0 Å². The van der Waals surface area contributed by atoms with E-state index in [1.54, 1.807) is 0 Å². The molecule has 0 aromatic carbocycles. The van der Waals surface area contributed by atoms with Crippen molar-refractivity contribution in [1.29, 1.82) is 0 Å². The first-order valence-corrected chi connectivity index (χ1v) is 12.4. The van der Waals surface area contributed by atoms with Crippen molar-refractivity contribution in [2.24, 2.45) is 0 Å². The van der Waals surface area contributed by atoms with Gasteiger partial charge in [-0.3, -0.25) is 4.79 Å². The average Bonchev–Trinajstić information content (AvgIpc) is 2.63. The smallest absolute Gasteiger partial charge is 0.305 e. The number of phosphoric acid groups is 1. The van der Waals surface area contributed by atoms with Crippen LogP contribution in [0, 0.1) is 0 Å². The Morgan fingerprint density at radius 1 is 0.786 bits per heavy atom. The number of phosphoric ester groups is 1. The molecular formula is C21H39O6P-2. The number of carbonyl (C=O) groups excluding carboxylic acids is 1. The molecule has 0 spiro atoms. The van der Waals surface area contributed by atoms with Gasteiger partial charge < -0.3 is 23.6 Å². The molecule has 0 radical (unpaired) electrons. The third kappa shape index (κ3) is 23.4. The molecule has 166 valence electrons. The third-order valence-electron chi connectivity index (χ3n) is 4.44. The highest BCUT2D eigenvalue weighted by atomic mass is 31.2. The number of hydrogen-bond donors (Lipinski definition) is 0. The van der Waals surface area contributed by atoms with Gasteiger partial charge in [0.15, 0.2) is 0 Å². The van der Waals surface area contributed by atoms with Crippen LogP contribution in [0.5, 0.6) is 0 Å². The summed E-state index contributed by atoms with van der Waals surface area (Å²) in [6, 6.07) is 0. The van der Waals surface area contributed by atoms with Crippen molar-refractivity contribution in [3.63, 3.8) is 0 Å². The van der Waals surface area contributed by atoms with Crippen molar-refractivity contribution in [3.05, 3.63) is 12.2 Å². The average molecular weight is 419 g/mol. The van der Waals surface area contributed by atoms with Crippen LogP contribution in [0.25, 0.3) is 0 Å². The summed E-state index contributed by atoms with van der Waals surface area (Å²) in [6.45, 7) is 2.07. The Morgan fingerprint density at radius 2 is 1.32 bits per heavy atom. The Morgan fingerprint density at radius 3 is 1.89 bits per heavy atom. The molecule has 0 N–H and O–H groups in total. The predicted molar refractivity (Wildman–Crippen MR) is 109 cm³/mol. The Balaban J connectivity index is 3.26. The van der Waals surface area contributed by atoms with Gasteiger partial charge in [-0.15, -0.1) is 0 Å². The van der Waals surface area contributed by atoms with Crippen molar-refractivity contribution >= 4 is 13.8 Å². The summed E-state index contributed by atoms with van der Waals surface area (Å²) >= 11 is 0. The van der Waals surface area contributed by atoms with Gasteiger partial charge in [0, 0.05) is 12.8 Å². The molecule has 0 amide bonds. The SMILES string of the molecule is CCCCCCCC/C=C\CCCCCCCC(=O)OCCCOP(=O)([O-])[O-]. The van der Waals surface area contributed by atoms with Crippen LogP contribution in [0.15, 0.2) is 12.2 Å². The van der Waals surface area contributed by atoms with Gasteiger partial charge in [-0.05, 0) is 32.1 Å². The van der Waals surface area contributed by atoms with Crippen LogP contribution in [0.4, 0.5) is 0 Å². The van der Waals surface area contributed by atoms with E-state index in [9.17, 15) is 19.1 Å². The number of allylic oxidation sites excluding steroid dienone is 2. The molecule has 0 unspecified atom stereocenters. The maximum absolute atomic E-state index is 11.5. The fourth-order valence-corrected chi connectivity index (χ4v) is 3.19. The molecule has 0 saturated heterocycles. The Bertz CT molecular complexity index is 433. The topological polar surface area (TPSA) is 98.7 Å². The van der Waals surface area contributed by atoms with Crippen molar-refractivity contribution < 1.29 is 28.4 Å². The highest BCUT2D eigenvalue weighted by Gasteiger charge is 2.02. The molecule has 0 heterocycles. The van der Waals surface area contributed by atoms with E-state index in [4.69, 9.17) is 4.74 Å². The minimum atomic E-state index is -4.92.